The Morgan fingerprint density at radius 2 is 1.43 bits per heavy atom. The molecule has 5 aromatic rings. The van der Waals surface area contributed by atoms with Crippen molar-refractivity contribution < 1.29 is 19.0 Å². The number of anilines is 4. The van der Waals surface area contributed by atoms with Crippen LogP contribution in [-0.2, 0) is 10.3 Å². The van der Waals surface area contributed by atoms with Crippen LogP contribution >= 0.6 is 0 Å². The highest BCUT2D eigenvalue weighted by Crippen LogP contribution is 2.57. The van der Waals surface area contributed by atoms with E-state index in [1.807, 2.05) is 79.7 Å². The Labute approximate surface area is 289 Å². The molecule has 0 amide bonds. The van der Waals surface area contributed by atoms with E-state index in [2.05, 4.69) is 60.5 Å². The lowest BCUT2D eigenvalue weighted by molar-refractivity contribution is 0.0224. The maximum atomic E-state index is 13.6. The summed E-state index contributed by atoms with van der Waals surface area (Å²) < 4.78 is 19.0. The van der Waals surface area contributed by atoms with Crippen LogP contribution in [0.25, 0.3) is 0 Å². The molecule has 0 saturated carbocycles. The van der Waals surface area contributed by atoms with Crippen LogP contribution in [0.3, 0.4) is 0 Å². The van der Waals surface area contributed by atoms with Gasteiger partial charge in [0.2, 0.25) is 0 Å². The number of carbonyl (C=O) groups is 1. The van der Waals surface area contributed by atoms with Crippen LogP contribution in [0, 0.1) is 6.92 Å². The molecule has 0 radical (unpaired) electrons. The zero-order valence-corrected chi connectivity index (χ0v) is 28.6. The quantitative estimate of drug-likeness (QED) is 0.101. The number of esters is 1. The Kier molecular flexibility index (Phi) is 9.30. The van der Waals surface area contributed by atoms with Crippen LogP contribution in [-0.4, -0.2) is 19.1 Å². The number of aryl methyl sites for hydroxylation is 1. The van der Waals surface area contributed by atoms with E-state index in [1.165, 1.54) is 32.1 Å². The normalized spacial score (nSPS) is 15.5. The standard InChI is InChI=1S/C43H44N2O4/c1-4-6-7-8-9-15-26-45(32-20-23-34(24-21-32)47-5-2)33-22-25-37-41(28-33)48-40-27-30(3)39(44-31-16-11-10-12-17-31)29-38(40)43(37)36-19-14-13-18-35(36)42(46)49-43/h10-14,16-25,27-29,44H,4-9,15,26H2,1-3H3. The van der Waals surface area contributed by atoms with Crippen LogP contribution in [0.5, 0.6) is 17.2 Å². The first-order valence-corrected chi connectivity index (χ1v) is 17.6. The van der Waals surface area contributed by atoms with Crippen LogP contribution in [0.1, 0.15) is 85.0 Å². The number of ether oxygens (including phenoxy) is 3. The Morgan fingerprint density at radius 3 is 2.22 bits per heavy atom. The van der Waals surface area contributed by atoms with E-state index in [0.29, 0.717) is 23.7 Å². The molecule has 6 nitrogen and oxygen atoms in total. The van der Waals surface area contributed by atoms with E-state index in [-0.39, 0.29) is 5.97 Å². The first-order valence-electron chi connectivity index (χ1n) is 17.6. The first kappa shape index (κ1) is 32.3. The summed E-state index contributed by atoms with van der Waals surface area (Å²) in [7, 11) is 0. The van der Waals surface area contributed by atoms with Crippen molar-refractivity contribution in [3.05, 3.63) is 137 Å². The molecule has 0 saturated heterocycles. The molecular weight excluding hydrogens is 608 g/mol. The number of fused-ring (bicyclic) bond motifs is 6. The molecule has 6 heteroatoms. The number of hydrogen-bond acceptors (Lipinski definition) is 6. The molecule has 1 spiro atoms. The van der Waals surface area contributed by atoms with Crippen molar-refractivity contribution >= 4 is 28.7 Å². The number of unbranched alkanes of at least 4 members (excludes halogenated alkanes) is 5. The summed E-state index contributed by atoms with van der Waals surface area (Å²) in [5.41, 5.74) is 6.88. The van der Waals surface area contributed by atoms with Gasteiger partial charge in [0.1, 0.15) is 17.2 Å². The molecular formula is C43H44N2O4. The summed E-state index contributed by atoms with van der Waals surface area (Å²) in [6.07, 6.45) is 7.28. The SMILES string of the molecule is CCCCCCCCN(c1ccc(OCC)cc1)c1ccc2c(c1)Oc1cc(C)c(Nc3ccccc3)cc1C21OC(=O)c2ccccc21. The molecule has 1 unspecified atom stereocenters. The summed E-state index contributed by atoms with van der Waals surface area (Å²) in [5.74, 6) is 1.87. The van der Waals surface area contributed by atoms with Crippen LogP contribution in [0.15, 0.2) is 109 Å². The fourth-order valence-corrected chi connectivity index (χ4v) is 7.13. The molecule has 1 atom stereocenters. The first-order chi connectivity index (χ1) is 24.0. The number of nitrogens with one attached hydrogen (secondary N) is 1. The van der Waals surface area contributed by atoms with E-state index in [4.69, 9.17) is 14.2 Å². The van der Waals surface area contributed by atoms with Crippen molar-refractivity contribution in [2.45, 2.75) is 64.9 Å². The van der Waals surface area contributed by atoms with Gasteiger partial charge in [0.25, 0.3) is 0 Å². The van der Waals surface area contributed by atoms with E-state index >= 15 is 0 Å². The van der Waals surface area contributed by atoms with Gasteiger partial charge < -0.3 is 24.4 Å². The molecule has 1 N–H and O–H groups in total. The third-order valence-electron chi connectivity index (χ3n) is 9.60. The van der Waals surface area contributed by atoms with Crippen molar-refractivity contribution in [3.63, 3.8) is 0 Å². The van der Waals surface area contributed by atoms with Crippen molar-refractivity contribution in [2.24, 2.45) is 0 Å². The van der Waals surface area contributed by atoms with Gasteiger partial charge in [-0.3, -0.25) is 0 Å². The minimum atomic E-state index is -1.15. The fraction of sp³-hybridized carbons (Fsp3) is 0.279. The predicted molar refractivity (Wildman–Crippen MR) is 197 cm³/mol. The van der Waals surface area contributed by atoms with Gasteiger partial charge in [-0.1, -0.05) is 75.4 Å². The third-order valence-corrected chi connectivity index (χ3v) is 9.60. The third kappa shape index (κ3) is 6.24. The minimum absolute atomic E-state index is 0.337. The molecule has 49 heavy (non-hydrogen) atoms. The maximum Gasteiger partial charge on any atom is 0.340 e. The fourth-order valence-electron chi connectivity index (χ4n) is 7.13. The van der Waals surface area contributed by atoms with E-state index < -0.39 is 5.60 Å². The van der Waals surface area contributed by atoms with Gasteiger partial charge in [0.15, 0.2) is 5.60 Å². The van der Waals surface area contributed by atoms with Gasteiger partial charge >= 0.3 is 5.97 Å². The second kappa shape index (κ2) is 14.1. The number of hydrogen-bond donors (Lipinski definition) is 1. The molecule has 5 aromatic carbocycles. The lowest BCUT2D eigenvalue weighted by Crippen LogP contribution is -2.33. The summed E-state index contributed by atoms with van der Waals surface area (Å²) >= 11 is 0. The largest absolute Gasteiger partial charge is 0.494 e. The number of carbonyl (C=O) groups excluding carboxylic acids is 1. The summed E-state index contributed by atoms with van der Waals surface area (Å²) in [4.78, 5) is 15.9. The Balaban J connectivity index is 1.31. The van der Waals surface area contributed by atoms with Crippen LogP contribution in [0.4, 0.5) is 22.7 Å². The Hall–Kier alpha value is -5.23. The van der Waals surface area contributed by atoms with Gasteiger partial charge in [0.05, 0.1) is 12.2 Å². The van der Waals surface area contributed by atoms with Crippen molar-refractivity contribution in [2.75, 3.05) is 23.4 Å². The number of benzene rings is 5. The van der Waals surface area contributed by atoms with E-state index in [0.717, 1.165) is 63.7 Å². The lowest BCUT2D eigenvalue weighted by Gasteiger charge is -2.38. The zero-order valence-electron chi connectivity index (χ0n) is 28.6. The number of para-hydroxylation sites is 1. The van der Waals surface area contributed by atoms with Crippen molar-refractivity contribution in [3.8, 4) is 17.2 Å². The molecule has 7 rings (SSSR count). The monoisotopic (exact) mass is 652 g/mol. The maximum absolute atomic E-state index is 13.6. The molecule has 0 fully saturated rings. The highest BCUT2D eigenvalue weighted by atomic mass is 16.6. The van der Waals surface area contributed by atoms with Gasteiger partial charge in [-0.2, -0.15) is 0 Å². The summed E-state index contributed by atoms with van der Waals surface area (Å²) in [6.45, 7) is 7.81. The van der Waals surface area contributed by atoms with Crippen LogP contribution < -0.4 is 19.7 Å². The predicted octanol–water partition coefficient (Wildman–Crippen LogP) is 11.2. The lowest BCUT2D eigenvalue weighted by atomic mass is 9.77. The Bertz CT molecular complexity index is 1940. The number of rotatable bonds is 13. The molecule has 0 bridgehead atoms. The van der Waals surface area contributed by atoms with E-state index in [9.17, 15) is 4.79 Å². The Morgan fingerprint density at radius 1 is 0.714 bits per heavy atom. The van der Waals surface area contributed by atoms with Gasteiger partial charge in [-0.25, -0.2) is 4.79 Å². The minimum Gasteiger partial charge on any atom is -0.494 e. The van der Waals surface area contributed by atoms with Crippen molar-refractivity contribution in [1.82, 2.24) is 0 Å². The van der Waals surface area contributed by atoms with Gasteiger partial charge in [0, 0.05) is 52.1 Å². The number of nitrogens with zero attached hydrogens (tertiary/aromatic N) is 1. The zero-order chi connectivity index (χ0) is 33.8. The molecule has 0 aliphatic carbocycles. The topological polar surface area (TPSA) is 60.0 Å². The summed E-state index contributed by atoms with van der Waals surface area (Å²) in [6, 6.07) is 36.5. The second-order valence-corrected chi connectivity index (χ2v) is 12.9. The molecule has 0 aromatic heterocycles. The van der Waals surface area contributed by atoms with Crippen LogP contribution in [0.2, 0.25) is 0 Å². The average Bonchev–Trinajstić information content (AvgIpc) is 3.42. The molecule has 2 aliphatic heterocycles. The van der Waals surface area contributed by atoms with Gasteiger partial charge in [-0.15, -0.1) is 0 Å². The average molecular weight is 653 g/mol. The molecule has 2 heterocycles. The van der Waals surface area contributed by atoms with E-state index in [1.54, 1.807) is 0 Å². The van der Waals surface area contributed by atoms with Crippen molar-refractivity contribution in [1.29, 1.82) is 0 Å². The smallest absolute Gasteiger partial charge is 0.340 e. The highest BCUT2D eigenvalue weighted by molar-refractivity contribution is 5.97. The summed E-state index contributed by atoms with van der Waals surface area (Å²) in [5, 5.41) is 3.57. The van der Waals surface area contributed by atoms with Gasteiger partial charge in [-0.05, 0) is 92.6 Å². The molecule has 2 aliphatic rings. The highest BCUT2D eigenvalue weighted by Gasteiger charge is 2.53. The molecule has 250 valence electrons. The second-order valence-electron chi connectivity index (χ2n) is 12.9.